The second-order valence-corrected chi connectivity index (χ2v) is 5.86. The molecule has 5 nitrogen and oxygen atoms in total. The number of piperazine rings is 1. The van der Waals surface area contributed by atoms with Crippen molar-refractivity contribution in [2.75, 3.05) is 57.8 Å². The van der Waals surface area contributed by atoms with E-state index in [1.165, 1.54) is 5.56 Å². The van der Waals surface area contributed by atoms with E-state index in [2.05, 4.69) is 34.5 Å². The molecule has 0 aromatic heterocycles. The molecule has 2 aliphatic heterocycles. The zero-order valence-electron chi connectivity index (χ0n) is 12.7. The number of nitrogens with zero attached hydrogens (tertiary/aromatic N) is 3. The second kappa shape index (κ2) is 6.45. The van der Waals surface area contributed by atoms with Gasteiger partial charge in [0.05, 0.1) is 0 Å². The lowest BCUT2D eigenvalue weighted by atomic mass is 10.1. The van der Waals surface area contributed by atoms with Gasteiger partial charge in [-0.1, -0.05) is 12.1 Å². The quantitative estimate of drug-likeness (QED) is 0.898. The maximum atomic E-state index is 12.0. The standard InChI is InChI=1S/C16H24N4O/c1-18-12-13-20(16(18)21)15-4-2-14(3-5-15)6-9-19-10-7-17-8-11-19/h2-5,17H,6-13H2,1H3. The zero-order valence-corrected chi connectivity index (χ0v) is 12.7. The van der Waals surface area contributed by atoms with Crippen LogP contribution in [0.5, 0.6) is 0 Å². The molecule has 0 aliphatic carbocycles. The van der Waals surface area contributed by atoms with E-state index < -0.39 is 0 Å². The zero-order chi connectivity index (χ0) is 14.7. The van der Waals surface area contributed by atoms with Crippen LogP contribution in [-0.2, 0) is 6.42 Å². The van der Waals surface area contributed by atoms with Crippen LogP contribution in [0.4, 0.5) is 10.5 Å². The molecular formula is C16H24N4O. The Morgan fingerprint density at radius 3 is 2.38 bits per heavy atom. The molecule has 114 valence electrons. The van der Waals surface area contributed by atoms with Gasteiger partial charge < -0.3 is 15.1 Å². The summed E-state index contributed by atoms with van der Waals surface area (Å²) in [6.07, 6.45) is 1.08. The molecule has 0 radical (unpaired) electrons. The van der Waals surface area contributed by atoms with E-state index in [-0.39, 0.29) is 6.03 Å². The van der Waals surface area contributed by atoms with Crippen LogP contribution in [0, 0.1) is 0 Å². The van der Waals surface area contributed by atoms with Crippen LogP contribution < -0.4 is 10.2 Å². The Morgan fingerprint density at radius 1 is 1.05 bits per heavy atom. The van der Waals surface area contributed by atoms with Gasteiger partial charge in [0.25, 0.3) is 0 Å². The highest BCUT2D eigenvalue weighted by molar-refractivity contribution is 5.93. The highest BCUT2D eigenvalue weighted by Crippen LogP contribution is 2.20. The van der Waals surface area contributed by atoms with Crippen molar-refractivity contribution in [1.82, 2.24) is 15.1 Å². The highest BCUT2D eigenvalue weighted by Gasteiger charge is 2.26. The van der Waals surface area contributed by atoms with Gasteiger partial charge in [-0.05, 0) is 24.1 Å². The molecule has 2 amide bonds. The number of carbonyl (C=O) groups excluding carboxylic acids is 1. The number of carbonyl (C=O) groups is 1. The Bertz CT molecular complexity index is 482. The van der Waals surface area contributed by atoms with Gasteiger partial charge in [0.2, 0.25) is 0 Å². The average molecular weight is 288 g/mol. The Hall–Kier alpha value is -1.59. The summed E-state index contributed by atoms with van der Waals surface area (Å²) in [6.45, 7) is 7.21. The fourth-order valence-corrected chi connectivity index (χ4v) is 2.95. The summed E-state index contributed by atoms with van der Waals surface area (Å²) in [5.41, 5.74) is 2.35. The van der Waals surface area contributed by atoms with E-state index in [0.29, 0.717) is 0 Å². The molecule has 2 saturated heterocycles. The molecule has 5 heteroatoms. The minimum atomic E-state index is 0.101. The maximum Gasteiger partial charge on any atom is 0.324 e. The van der Waals surface area contributed by atoms with Crippen LogP contribution in [-0.4, -0.2) is 68.7 Å². The van der Waals surface area contributed by atoms with Gasteiger partial charge >= 0.3 is 6.03 Å². The lowest BCUT2D eigenvalue weighted by Gasteiger charge is -2.27. The van der Waals surface area contributed by atoms with Crippen LogP contribution >= 0.6 is 0 Å². The molecule has 0 unspecified atom stereocenters. The van der Waals surface area contributed by atoms with Crippen molar-refractivity contribution in [3.63, 3.8) is 0 Å². The summed E-state index contributed by atoms with van der Waals surface area (Å²) < 4.78 is 0. The molecule has 1 aromatic carbocycles. The number of hydrogen-bond acceptors (Lipinski definition) is 3. The molecule has 0 spiro atoms. The van der Waals surface area contributed by atoms with Gasteiger partial charge in [0, 0.05) is 58.5 Å². The topological polar surface area (TPSA) is 38.8 Å². The van der Waals surface area contributed by atoms with E-state index in [9.17, 15) is 4.79 Å². The lowest BCUT2D eigenvalue weighted by Crippen LogP contribution is -2.44. The number of urea groups is 1. The molecule has 3 rings (SSSR count). The highest BCUT2D eigenvalue weighted by atomic mass is 16.2. The number of nitrogens with one attached hydrogen (secondary N) is 1. The Balaban J connectivity index is 1.55. The van der Waals surface area contributed by atoms with Crippen molar-refractivity contribution < 1.29 is 4.79 Å². The lowest BCUT2D eigenvalue weighted by molar-refractivity contribution is 0.229. The SMILES string of the molecule is CN1CCN(c2ccc(CCN3CCNCC3)cc2)C1=O. The van der Waals surface area contributed by atoms with Crippen molar-refractivity contribution in [1.29, 1.82) is 0 Å². The van der Waals surface area contributed by atoms with E-state index in [1.54, 1.807) is 4.90 Å². The largest absolute Gasteiger partial charge is 0.326 e. The van der Waals surface area contributed by atoms with Crippen molar-refractivity contribution in [3.8, 4) is 0 Å². The minimum absolute atomic E-state index is 0.101. The summed E-state index contributed by atoms with van der Waals surface area (Å²) in [5.74, 6) is 0. The second-order valence-electron chi connectivity index (χ2n) is 5.86. The van der Waals surface area contributed by atoms with Crippen molar-refractivity contribution in [2.45, 2.75) is 6.42 Å². The monoisotopic (exact) mass is 288 g/mol. The Morgan fingerprint density at radius 2 is 1.76 bits per heavy atom. The van der Waals surface area contributed by atoms with Crippen LogP contribution in [0.1, 0.15) is 5.56 Å². The molecule has 1 aromatic rings. The number of rotatable bonds is 4. The third kappa shape index (κ3) is 3.36. The fraction of sp³-hybridized carbons (Fsp3) is 0.562. The molecule has 2 fully saturated rings. The first-order valence-corrected chi connectivity index (χ1v) is 7.79. The van der Waals surface area contributed by atoms with Gasteiger partial charge in [0.1, 0.15) is 0 Å². The molecule has 21 heavy (non-hydrogen) atoms. The Labute approximate surface area is 126 Å². The number of amides is 2. The van der Waals surface area contributed by atoms with Crippen LogP contribution in [0.3, 0.4) is 0 Å². The van der Waals surface area contributed by atoms with E-state index >= 15 is 0 Å². The Kier molecular flexibility index (Phi) is 4.41. The number of benzene rings is 1. The van der Waals surface area contributed by atoms with Crippen LogP contribution in [0.25, 0.3) is 0 Å². The number of hydrogen-bond donors (Lipinski definition) is 1. The molecule has 2 aliphatic rings. The summed E-state index contributed by atoms with van der Waals surface area (Å²) in [6, 6.07) is 8.56. The van der Waals surface area contributed by atoms with Gasteiger partial charge in [-0.25, -0.2) is 4.79 Å². The molecule has 0 atom stereocenters. The third-order valence-corrected chi connectivity index (χ3v) is 4.39. The predicted molar refractivity (Wildman–Crippen MR) is 84.8 cm³/mol. The summed E-state index contributed by atoms with van der Waals surface area (Å²) in [7, 11) is 1.85. The van der Waals surface area contributed by atoms with Gasteiger partial charge in [-0.15, -0.1) is 0 Å². The first-order chi connectivity index (χ1) is 10.2. The average Bonchev–Trinajstić information content (AvgIpc) is 2.87. The van der Waals surface area contributed by atoms with E-state index in [4.69, 9.17) is 0 Å². The normalized spacial score (nSPS) is 20.3. The summed E-state index contributed by atoms with van der Waals surface area (Å²) in [4.78, 5) is 18.1. The number of anilines is 1. The molecule has 0 bridgehead atoms. The predicted octanol–water partition coefficient (Wildman–Crippen LogP) is 1.01. The fourth-order valence-electron chi connectivity index (χ4n) is 2.95. The number of likely N-dealkylation sites (N-methyl/N-ethyl adjacent to an activating group) is 1. The smallest absolute Gasteiger partial charge is 0.324 e. The van der Waals surface area contributed by atoms with E-state index in [1.807, 2.05) is 11.9 Å². The van der Waals surface area contributed by atoms with Crippen molar-refractivity contribution in [3.05, 3.63) is 29.8 Å². The minimum Gasteiger partial charge on any atom is -0.326 e. The van der Waals surface area contributed by atoms with Crippen molar-refractivity contribution >= 4 is 11.7 Å². The van der Waals surface area contributed by atoms with Crippen LogP contribution in [0.15, 0.2) is 24.3 Å². The van der Waals surface area contributed by atoms with Crippen LogP contribution in [0.2, 0.25) is 0 Å². The van der Waals surface area contributed by atoms with Crippen molar-refractivity contribution in [2.24, 2.45) is 0 Å². The third-order valence-electron chi connectivity index (χ3n) is 4.39. The summed E-state index contributed by atoms with van der Waals surface area (Å²) >= 11 is 0. The molecule has 1 N–H and O–H groups in total. The van der Waals surface area contributed by atoms with Gasteiger partial charge in [0.15, 0.2) is 0 Å². The first kappa shape index (κ1) is 14.4. The maximum absolute atomic E-state index is 12.0. The molecule has 2 heterocycles. The van der Waals surface area contributed by atoms with Gasteiger partial charge in [-0.3, -0.25) is 4.90 Å². The van der Waals surface area contributed by atoms with Gasteiger partial charge in [-0.2, -0.15) is 0 Å². The van der Waals surface area contributed by atoms with E-state index in [0.717, 1.165) is 57.9 Å². The molecular weight excluding hydrogens is 264 g/mol. The molecule has 0 saturated carbocycles. The first-order valence-electron chi connectivity index (χ1n) is 7.79. The summed E-state index contributed by atoms with van der Waals surface area (Å²) in [5, 5.41) is 3.38.